The highest BCUT2D eigenvalue weighted by Gasteiger charge is 2.17. The molecule has 96 valence electrons. The minimum absolute atomic E-state index is 0.220. The summed E-state index contributed by atoms with van der Waals surface area (Å²) in [6, 6.07) is 7.22. The maximum absolute atomic E-state index is 12.0. The number of imidazole rings is 1. The van der Waals surface area contributed by atoms with Crippen LogP contribution in [0.3, 0.4) is 0 Å². The lowest BCUT2D eigenvalue weighted by Crippen LogP contribution is -2.23. The summed E-state index contributed by atoms with van der Waals surface area (Å²) in [6.45, 7) is 1.81. The smallest absolute Gasteiger partial charge is 0.328 e. The molecule has 0 aliphatic carbocycles. The highest BCUT2D eigenvalue weighted by atomic mass is 16.7. The number of rotatable bonds is 2. The van der Waals surface area contributed by atoms with E-state index >= 15 is 0 Å². The van der Waals surface area contributed by atoms with E-state index in [-0.39, 0.29) is 5.82 Å². The van der Waals surface area contributed by atoms with Crippen LogP contribution in [0.15, 0.2) is 30.5 Å². The number of benzene rings is 1. The average Bonchev–Trinajstić information content (AvgIpc) is 2.94. The molecule has 0 N–H and O–H groups in total. The van der Waals surface area contributed by atoms with Gasteiger partial charge < -0.3 is 9.40 Å². The predicted octanol–water partition coefficient (Wildman–Crippen LogP) is 0.742. The van der Waals surface area contributed by atoms with Gasteiger partial charge in [0.25, 0.3) is 0 Å². The average molecular weight is 257 g/mol. The highest BCUT2D eigenvalue weighted by molar-refractivity contribution is 5.86. The van der Waals surface area contributed by atoms with E-state index in [1.54, 1.807) is 29.9 Å². The molecule has 19 heavy (non-hydrogen) atoms. The van der Waals surface area contributed by atoms with Crippen LogP contribution in [-0.2, 0) is 7.05 Å². The van der Waals surface area contributed by atoms with Gasteiger partial charge in [-0.05, 0) is 24.3 Å². The number of fused-ring (bicyclic) bond motifs is 1. The van der Waals surface area contributed by atoms with Crippen LogP contribution in [0.5, 0.6) is 0 Å². The molecule has 0 saturated carbocycles. The molecule has 0 aliphatic heterocycles. The molecule has 3 rings (SSSR count). The molecule has 0 bridgehead atoms. The van der Waals surface area contributed by atoms with Crippen LogP contribution in [0, 0.1) is 6.92 Å². The second kappa shape index (κ2) is 4.20. The van der Waals surface area contributed by atoms with E-state index in [4.69, 9.17) is 4.84 Å². The Morgan fingerprint density at radius 2 is 2.11 bits per heavy atom. The van der Waals surface area contributed by atoms with Gasteiger partial charge in [-0.15, -0.1) is 5.10 Å². The van der Waals surface area contributed by atoms with Crippen molar-refractivity contribution in [1.29, 1.82) is 0 Å². The zero-order valence-corrected chi connectivity index (χ0v) is 10.4. The summed E-state index contributed by atoms with van der Waals surface area (Å²) in [4.78, 5) is 22.4. The van der Waals surface area contributed by atoms with Crippen LogP contribution in [0.25, 0.3) is 11.0 Å². The van der Waals surface area contributed by atoms with Gasteiger partial charge in [-0.1, -0.05) is 17.0 Å². The van der Waals surface area contributed by atoms with Gasteiger partial charge in [0, 0.05) is 13.2 Å². The first kappa shape index (κ1) is 11.4. The molecule has 0 spiro atoms. The zero-order chi connectivity index (χ0) is 13.4. The number of aryl methyl sites for hydroxylation is 2. The third-order valence-corrected chi connectivity index (χ3v) is 2.67. The SMILES string of the molecule is Cc1cn(C)c(C(=O)On2nnc3ccccc32)n1. The van der Waals surface area contributed by atoms with Crippen molar-refractivity contribution in [1.82, 2.24) is 24.7 Å². The van der Waals surface area contributed by atoms with Crippen molar-refractivity contribution in [3.8, 4) is 0 Å². The first-order valence-corrected chi connectivity index (χ1v) is 5.68. The highest BCUT2D eigenvalue weighted by Crippen LogP contribution is 2.09. The summed E-state index contributed by atoms with van der Waals surface area (Å²) in [5, 5.41) is 7.69. The molecule has 0 aliphatic rings. The molecular formula is C12H11N5O2. The summed E-state index contributed by atoms with van der Waals surface area (Å²) in [5.74, 6) is -0.358. The van der Waals surface area contributed by atoms with Gasteiger partial charge in [0.2, 0.25) is 5.82 Å². The fourth-order valence-corrected chi connectivity index (χ4v) is 1.84. The molecule has 0 fully saturated rings. The Morgan fingerprint density at radius 1 is 1.32 bits per heavy atom. The molecule has 3 aromatic rings. The van der Waals surface area contributed by atoms with Crippen molar-refractivity contribution in [2.75, 3.05) is 0 Å². The number of carbonyl (C=O) groups excluding carboxylic acids is 1. The molecule has 1 aromatic carbocycles. The Labute approximate surface area is 108 Å². The van der Waals surface area contributed by atoms with E-state index in [2.05, 4.69) is 15.3 Å². The lowest BCUT2D eigenvalue weighted by molar-refractivity contribution is 0.0390. The summed E-state index contributed by atoms with van der Waals surface area (Å²) >= 11 is 0. The Hall–Kier alpha value is -2.70. The summed E-state index contributed by atoms with van der Waals surface area (Å²) in [5.41, 5.74) is 2.03. The molecular weight excluding hydrogens is 246 g/mol. The summed E-state index contributed by atoms with van der Waals surface area (Å²) < 4.78 is 1.61. The second-order valence-corrected chi connectivity index (χ2v) is 4.15. The summed E-state index contributed by atoms with van der Waals surface area (Å²) in [7, 11) is 1.73. The minimum atomic E-state index is -0.578. The second-order valence-electron chi connectivity index (χ2n) is 4.15. The molecule has 2 aromatic heterocycles. The number of aromatic nitrogens is 5. The van der Waals surface area contributed by atoms with E-state index in [9.17, 15) is 4.79 Å². The van der Waals surface area contributed by atoms with E-state index in [0.717, 1.165) is 10.5 Å². The van der Waals surface area contributed by atoms with Gasteiger partial charge in [0.15, 0.2) is 0 Å². The van der Waals surface area contributed by atoms with E-state index in [1.165, 1.54) is 0 Å². The van der Waals surface area contributed by atoms with Crippen molar-refractivity contribution >= 4 is 17.0 Å². The van der Waals surface area contributed by atoms with Gasteiger partial charge in [0.1, 0.15) is 11.0 Å². The third kappa shape index (κ3) is 1.95. The van der Waals surface area contributed by atoms with Crippen molar-refractivity contribution in [2.45, 2.75) is 6.92 Å². The largest absolute Gasteiger partial charge is 0.400 e. The van der Waals surface area contributed by atoms with Crippen LogP contribution in [0.2, 0.25) is 0 Å². The molecule has 0 radical (unpaired) electrons. The van der Waals surface area contributed by atoms with Crippen molar-refractivity contribution in [3.63, 3.8) is 0 Å². The van der Waals surface area contributed by atoms with Gasteiger partial charge in [-0.25, -0.2) is 9.78 Å². The number of nitrogens with zero attached hydrogens (tertiary/aromatic N) is 5. The first-order valence-electron chi connectivity index (χ1n) is 5.68. The number of para-hydroxylation sites is 1. The number of hydrogen-bond acceptors (Lipinski definition) is 5. The lowest BCUT2D eigenvalue weighted by Gasteiger charge is -2.02. The fourth-order valence-electron chi connectivity index (χ4n) is 1.84. The number of carbonyl (C=O) groups is 1. The van der Waals surface area contributed by atoms with Crippen LogP contribution >= 0.6 is 0 Å². The fraction of sp³-hybridized carbons (Fsp3) is 0.167. The standard InChI is InChI=1S/C12H11N5O2/c1-8-7-16(2)11(13-8)12(18)19-17-10-6-4-3-5-9(10)14-15-17/h3-7H,1-2H3. The van der Waals surface area contributed by atoms with Crippen LogP contribution in [-0.4, -0.2) is 30.7 Å². The Bertz CT molecular complexity index is 758. The van der Waals surface area contributed by atoms with E-state index < -0.39 is 5.97 Å². The van der Waals surface area contributed by atoms with Crippen molar-refractivity contribution in [2.24, 2.45) is 7.05 Å². The third-order valence-electron chi connectivity index (χ3n) is 2.67. The Kier molecular flexibility index (Phi) is 2.52. The molecule has 0 amide bonds. The minimum Gasteiger partial charge on any atom is -0.328 e. The van der Waals surface area contributed by atoms with Crippen LogP contribution in [0.1, 0.15) is 16.3 Å². The molecule has 2 heterocycles. The van der Waals surface area contributed by atoms with E-state index in [0.29, 0.717) is 11.0 Å². The quantitative estimate of drug-likeness (QED) is 0.633. The molecule has 0 atom stereocenters. The molecule has 0 unspecified atom stereocenters. The van der Waals surface area contributed by atoms with Gasteiger partial charge in [0.05, 0.1) is 5.69 Å². The predicted molar refractivity (Wildman–Crippen MR) is 66.4 cm³/mol. The van der Waals surface area contributed by atoms with Crippen molar-refractivity contribution in [3.05, 3.63) is 42.0 Å². The Balaban J connectivity index is 1.93. The molecule has 0 saturated heterocycles. The zero-order valence-electron chi connectivity index (χ0n) is 10.4. The molecule has 7 nitrogen and oxygen atoms in total. The van der Waals surface area contributed by atoms with Gasteiger partial charge in [-0.3, -0.25) is 0 Å². The summed E-state index contributed by atoms with van der Waals surface area (Å²) in [6.07, 6.45) is 1.75. The lowest BCUT2D eigenvalue weighted by atomic mass is 10.3. The van der Waals surface area contributed by atoms with Gasteiger partial charge >= 0.3 is 5.97 Å². The Morgan fingerprint density at radius 3 is 2.84 bits per heavy atom. The monoisotopic (exact) mass is 257 g/mol. The first-order chi connectivity index (χ1) is 9.15. The topological polar surface area (TPSA) is 74.8 Å². The maximum atomic E-state index is 12.0. The normalized spacial score (nSPS) is 10.8. The number of hydrogen-bond donors (Lipinski definition) is 0. The maximum Gasteiger partial charge on any atom is 0.400 e. The van der Waals surface area contributed by atoms with Crippen molar-refractivity contribution < 1.29 is 9.63 Å². The van der Waals surface area contributed by atoms with Crippen LogP contribution in [0.4, 0.5) is 0 Å². The molecule has 7 heteroatoms. The van der Waals surface area contributed by atoms with Gasteiger partial charge in [-0.2, -0.15) is 0 Å². The van der Waals surface area contributed by atoms with Crippen LogP contribution < -0.4 is 4.84 Å². The van der Waals surface area contributed by atoms with E-state index in [1.807, 2.05) is 19.1 Å².